The van der Waals surface area contributed by atoms with Gasteiger partial charge in [-0.25, -0.2) is 0 Å². The molecule has 1 aromatic carbocycles. The van der Waals surface area contributed by atoms with Crippen LogP contribution in [0.25, 0.3) is 10.8 Å². The van der Waals surface area contributed by atoms with Crippen molar-refractivity contribution in [2.45, 2.75) is 27.2 Å². The van der Waals surface area contributed by atoms with E-state index in [1.807, 2.05) is 45.0 Å². The highest BCUT2D eigenvalue weighted by Crippen LogP contribution is 2.29. The SMILES string of the molecule is CCC(C)(C)C(=O)c1cccc2ccncc12. The average Bonchev–Trinajstić information content (AvgIpc) is 2.37. The van der Waals surface area contributed by atoms with Gasteiger partial charge in [-0.2, -0.15) is 0 Å². The molecule has 0 saturated heterocycles. The van der Waals surface area contributed by atoms with E-state index in [1.165, 1.54) is 0 Å². The lowest BCUT2D eigenvalue weighted by Gasteiger charge is -2.21. The summed E-state index contributed by atoms with van der Waals surface area (Å²) in [5.41, 5.74) is 0.465. The predicted molar refractivity (Wildman–Crippen MR) is 70.1 cm³/mol. The highest BCUT2D eigenvalue weighted by molar-refractivity contribution is 6.10. The van der Waals surface area contributed by atoms with E-state index in [4.69, 9.17) is 0 Å². The topological polar surface area (TPSA) is 30.0 Å². The van der Waals surface area contributed by atoms with E-state index in [-0.39, 0.29) is 11.2 Å². The minimum Gasteiger partial charge on any atom is -0.294 e. The van der Waals surface area contributed by atoms with E-state index in [0.29, 0.717) is 0 Å². The summed E-state index contributed by atoms with van der Waals surface area (Å²) < 4.78 is 0. The molecule has 2 heteroatoms. The van der Waals surface area contributed by atoms with E-state index in [0.717, 1.165) is 22.8 Å². The van der Waals surface area contributed by atoms with Crippen LogP contribution >= 0.6 is 0 Å². The Kier molecular flexibility index (Phi) is 2.97. The molecule has 0 aliphatic rings. The number of Topliss-reactive ketones (excluding diaryl/α,β-unsaturated/α-hetero) is 1. The van der Waals surface area contributed by atoms with Crippen LogP contribution in [0.15, 0.2) is 36.7 Å². The molecule has 1 aromatic heterocycles. The molecule has 88 valence electrons. The van der Waals surface area contributed by atoms with Crippen molar-refractivity contribution in [2.75, 3.05) is 0 Å². The first-order valence-electron chi connectivity index (χ1n) is 5.94. The molecule has 0 aliphatic carbocycles. The van der Waals surface area contributed by atoms with Gasteiger partial charge in [0.1, 0.15) is 0 Å². The first kappa shape index (κ1) is 11.8. The molecule has 0 unspecified atom stereocenters. The first-order chi connectivity index (χ1) is 8.06. The van der Waals surface area contributed by atoms with E-state index in [2.05, 4.69) is 4.98 Å². The second kappa shape index (κ2) is 4.28. The number of benzene rings is 1. The largest absolute Gasteiger partial charge is 0.294 e. The molecule has 0 N–H and O–H groups in total. The van der Waals surface area contributed by atoms with E-state index >= 15 is 0 Å². The van der Waals surface area contributed by atoms with Crippen LogP contribution in [0.5, 0.6) is 0 Å². The summed E-state index contributed by atoms with van der Waals surface area (Å²) in [7, 11) is 0. The molecular formula is C15H17NO. The van der Waals surface area contributed by atoms with Gasteiger partial charge in [-0.3, -0.25) is 9.78 Å². The van der Waals surface area contributed by atoms with Crippen molar-refractivity contribution in [3.8, 4) is 0 Å². The Labute approximate surface area is 102 Å². The Morgan fingerprint density at radius 1 is 1.29 bits per heavy atom. The third kappa shape index (κ3) is 2.07. The van der Waals surface area contributed by atoms with Gasteiger partial charge in [0.05, 0.1) is 0 Å². The fraction of sp³-hybridized carbons (Fsp3) is 0.333. The molecule has 0 aliphatic heterocycles. The molecule has 2 nitrogen and oxygen atoms in total. The van der Waals surface area contributed by atoms with Gasteiger partial charge in [0.2, 0.25) is 0 Å². The maximum absolute atomic E-state index is 12.5. The van der Waals surface area contributed by atoms with Crippen LogP contribution < -0.4 is 0 Å². The standard InChI is InChI=1S/C15H17NO/c1-4-15(2,3)14(17)12-7-5-6-11-8-9-16-10-13(11)12/h5-10H,4H2,1-3H3. The molecule has 2 rings (SSSR count). The number of rotatable bonds is 3. The third-order valence-electron chi connectivity index (χ3n) is 3.43. The molecule has 17 heavy (non-hydrogen) atoms. The zero-order valence-electron chi connectivity index (χ0n) is 10.5. The number of carbonyl (C=O) groups is 1. The highest BCUT2D eigenvalue weighted by atomic mass is 16.1. The van der Waals surface area contributed by atoms with Crippen LogP contribution in [0, 0.1) is 5.41 Å². The number of nitrogens with zero attached hydrogens (tertiary/aromatic N) is 1. The molecule has 2 aromatic rings. The van der Waals surface area contributed by atoms with Crippen LogP contribution in [0.3, 0.4) is 0 Å². The number of ketones is 1. The summed E-state index contributed by atoms with van der Waals surface area (Å²) in [5, 5.41) is 2.01. The first-order valence-corrected chi connectivity index (χ1v) is 5.94. The maximum atomic E-state index is 12.5. The number of aromatic nitrogens is 1. The maximum Gasteiger partial charge on any atom is 0.169 e. The van der Waals surface area contributed by atoms with Crippen LogP contribution in [0.4, 0.5) is 0 Å². The smallest absolute Gasteiger partial charge is 0.169 e. The second-order valence-electron chi connectivity index (χ2n) is 4.97. The molecule has 0 atom stereocenters. The van der Waals surface area contributed by atoms with E-state index in [9.17, 15) is 4.79 Å². The van der Waals surface area contributed by atoms with Crippen molar-refractivity contribution in [1.29, 1.82) is 0 Å². The number of pyridine rings is 1. The quantitative estimate of drug-likeness (QED) is 0.745. The third-order valence-corrected chi connectivity index (χ3v) is 3.43. The molecule has 0 radical (unpaired) electrons. The number of hydrogen-bond donors (Lipinski definition) is 0. The molecule has 1 heterocycles. The van der Waals surface area contributed by atoms with Crippen LogP contribution in [0.2, 0.25) is 0 Å². The Bertz CT molecular complexity index is 552. The predicted octanol–water partition coefficient (Wildman–Crippen LogP) is 3.85. The lowest BCUT2D eigenvalue weighted by molar-refractivity contribution is 0.0835. The van der Waals surface area contributed by atoms with Gasteiger partial charge in [-0.1, -0.05) is 39.0 Å². The Morgan fingerprint density at radius 3 is 2.76 bits per heavy atom. The van der Waals surface area contributed by atoms with Crippen LogP contribution in [0.1, 0.15) is 37.6 Å². The molecule has 0 saturated carbocycles. The molecule has 0 spiro atoms. The number of carbonyl (C=O) groups excluding carboxylic acids is 1. The highest BCUT2D eigenvalue weighted by Gasteiger charge is 2.27. The van der Waals surface area contributed by atoms with Crippen molar-refractivity contribution in [3.05, 3.63) is 42.2 Å². The van der Waals surface area contributed by atoms with Gasteiger partial charge >= 0.3 is 0 Å². The minimum atomic E-state index is -0.315. The van der Waals surface area contributed by atoms with Gasteiger partial charge in [0, 0.05) is 28.8 Å². The normalized spacial score (nSPS) is 11.7. The lowest BCUT2D eigenvalue weighted by atomic mass is 9.81. The summed E-state index contributed by atoms with van der Waals surface area (Å²) in [4.78, 5) is 16.6. The van der Waals surface area contributed by atoms with Gasteiger partial charge in [-0.15, -0.1) is 0 Å². The average molecular weight is 227 g/mol. The number of hydrogen-bond acceptors (Lipinski definition) is 2. The molecule has 0 fully saturated rings. The summed E-state index contributed by atoms with van der Waals surface area (Å²) >= 11 is 0. The van der Waals surface area contributed by atoms with E-state index < -0.39 is 0 Å². The zero-order chi connectivity index (χ0) is 12.5. The minimum absolute atomic E-state index is 0.193. The van der Waals surface area contributed by atoms with Crippen molar-refractivity contribution in [1.82, 2.24) is 4.98 Å². The van der Waals surface area contributed by atoms with Gasteiger partial charge in [0.25, 0.3) is 0 Å². The second-order valence-corrected chi connectivity index (χ2v) is 4.97. The Balaban J connectivity index is 2.60. The summed E-state index contributed by atoms with van der Waals surface area (Å²) in [6.45, 7) is 6.02. The molecule has 0 bridgehead atoms. The van der Waals surface area contributed by atoms with Crippen molar-refractivity contribution >= 4 is 16.6 Å². The lowest BCUT2D eigenvalue weighted by Crippen LogP contribution is -2.23. The van der Waals surface area contributed by atoms with Gasteiger partial charge in [-0.05, 0) is 17.9 Å². The molecule has 0 amide bonds. The Morgan fingerprint density at radius 2 is 2.06 bits per heavy atom. The van der Waals surface area contributed by atoms with Crippen LogP contribution in [-0.2, 0) is 0 Å². The zero-order valence-corrected chi connectivity index (χ0v) is 10.5. The monoisotopic (exact) mass is 227 g/mol. The molecular weight excluding hydrogens is 210 g/mol. The summed E-state index contributed by atoms with van der Waals surface area (Å²) in [5.74, 6) is 0.193. The number of fused-ring (bicyclic) bond motifs is 1. The van der Waals surface area contributed by atoms with Gasteiger partial charge < -0.3 is 0 Å². The van der Waals surface area contributed by atoms with Crippen molar-refractivity contribution in [3.63, 3.8) is 0 Å². The van der Waals surface area contributed by atoms with E-state index in [1.54, 1.807) is 12.4 Å². The summed E-state index contributed by atoms with van der Waals surface area (Å²) in [6.07, 6.45) is 4.36. The van der Waals surface area contributed by atoms with Crippen molar-refractivity contribution in [2.24, 2.45) is 5.41 Å². The fourth-order valence-electron chi connectivity index (χ4n) is 1.84. The Hall–Kier alpha value is -1.70. The van der Waals surface area contributed by atoms with Crippen molar-refractivity contribution < 1.29 is 4.79 Å². The van der Waals surface area contributed by atoms with Crippen LogP contribution in [-0.4, -0.2) is 10.8 Å². The van der Waals surface area contributed by atoms with Gasteiger partial charge in [0.15, 0.2) is 5.78 Å². The fourth-order valence-corrected chi connectivity index (χ4v) is 1.84. The summed E-state index contributed by atoms with van der Waals surface area (Å²) in [6, 6.07) is 7.77.